The maximum Gasteiger partial charge on any atom is 0.322 e. The molecule has 0 radical (unpaired) electrons. The fourth-order valence-electron chi connectivity index (χ4n) is 2.64. The van der Waals surface area contributed by atoms with Gasteiger partial charge in [-0.25, -0.2) is 4.79 Å². The number of rotatable bonds is 7. The quantitative estimate of drug-likeness (QED) is 0.803. The second-order valence-corrected chi connectivity index (χ2v) is 6.50. The SMILES string of the molecule is CC(C)N(C[C@H](C)O)C(=O)Nc1cccc(OC[C@@H]2CCCO2)c1. The van der Waals surface area contributed by atoms with Gasteiger partial charge >= 0.3 is 6.03 Å². The largest absolute Gasteiger partial charge is 0.491 e. The van der Waals surface area contributed by atoms with Gasteiger partial charge in [-0.2, -0.15) is 0 Å². The molecule has 24 heavy (non-hydrogen) atoms. The first-order valence-corrected chi connectivity index (χ1v) is 8.56. The summed E-state index contributed by atoms with van der Waals surface area (Å²) in [5, 5.41) is 12.4. The van der Waals surface area contributed by atoms with E-state index in [0.29, 0.717) is 24.6 Å². The van der Waals surface area contributed by atoms with E-state index < -0.39 is 6.10 Å². The first-order valence-electron chi connectivity index (χ1n) is 8.56. The Hall–Kier alpha value is -1.79. The zero-order valence-electron chi connectivity index (χ0n) is 14.7. The van der Waals surface area contributed by atoms with Gasteiger partial charge in [0.1, 0.15) is 12.4 Å². The molecule has 1 aliphatic heterocycles. The maximum atomic E-state index is 12.4. The highest BCUT2D eigenvalue weighted by Gasteiger charge is 2.19. The van der Waals surface area contributed by atoms with Crippen molar-refractivity contribution in [2.75, 3.05) is 25.1 Å². The molecule has 1 heterocycles. The van der Waals surface area contributed by atoms with Gasteiger partial charge in [0.15, 0.2) is 0 Å². The van der Waals surface area contributed by atoms with E-state index in [1.165, 1.54) is 0 Å². The van der Waals surface area contributed by atoms with Gasteiger partial charge in [0.05, 0.1) is 12.2 Å². The molecule has 2 rings (SSSR count). The minimum absolute atomic E-state index is 0.00134. The Morgan fingerprint density at radius 1 is 1.46 bits per heavy atom. The van der Waals surface area contributed by atoms with Crippen LogP contribution in [0.5, 0.6) is 5.75 Å². The van der Waals surface area contributed by atoms with Crippen LogP contribution in [-0.2, 0) is 4.74 Å². The topological polar surface area (TPSA) is 71.0 Å². The number of hydrogen-bond acceptors (Lipinski definition) is 4. The third kappa shape index (κ3) is 5.69. The molecule has 1 saturated heterocycles. The highest BCUT2D eigenvalue weighted by atomic mass is 16.5. The summed E-state index contributed by atoms with van der Waals surface area (Å²) < 4.78 is 11.3. The Balaban J connectivity index is 1.93. The van der Waals surface area contributed by atoms with Gasteiger partial charge in [0.2, 0.25) is 0 Å². The van der Waals surface area contributed by atoms with E-state index in [1.807, 2.05) is 32.0 Å². The molecule has 0 bridgehead atoms. The number of benzene rings is 1. The second-order valence-electron chi connectivity index (χ2n) is 6.50. The number of carbonyl (C=O) groups is 1. The van der Waals surface area contributed by atoms with Gasteiger partial charge in [0.25, 0.3) is 0 Å². The van der Waals surface area contributed by atoms with Crippen LogP contribution in [0.3, 0.4) is 0 Å². The first kappa shape index (κ1) is 18.5. The van der Waals surface area contributed by atoms with E-state index in [2.05, 4.69) is 5.32 Å². The van der Waals surface area contributed by atoms with Crippen LogP contribution >= 0.6 is 0 Å². The molecule has 2 N–H and O–H groups in total. The number of nitrogens with one attached hydrogen (secondary N) is 1. The van der Waals surface area contributed by atoms with Crippen molar-refractivity contribution in [1.29, 1.82) is 0 Å². The summed E-state index contributed by atoms with van der Waals surface area (Å²) in [4.78, 5) is 14.0. The molecule has 0 spiro atoms. The molecule has 0 aliphatic carbocycles. The first-order chi connectivity index (χ1) is 11.5. The lowest BCUT2D eigenvalue weighted by Gasteiger charge is -2.28. The summed E-state index contributed by atoms with van der Waals surface area (Å²) >= 11 is 0. The maximum absolute atomic E-state index is 12.4. The van der Waals surface area contributed by atoms with Gasteiger partial charge in [0, 0.05) is 30.9 Å². The molecule has 2 atom stereocenters. The van der Waals surface area contributed by atoms with Gasteiger partial charge in [-0.1, -0.05) is 6.07 Å². The number of aliphatic hydroxyl groups is 1. The van der Waals surface area contributed by atoms with Crippen LogP contribution in [0.25, 0.3) is 0 Å². The van der Waals surface area contributed by atoms with Crippen LogP contribution in [-0.4, -0.2) is 54.0 Å². The van der Waals surface area contributed by atoms with Gasteiger partial charge in [-0.15, -0.1) is 0 Å². The van der Waals surface area contributed by atoms with Crippen molar-refractivity contribution in [1.82, 2.24) is 4.90 Å². The van der Waals surface area contributed by atoms with Crippen molar-refractivity contribution in [3.05, 3.63) is 24.3 Å². The van der Waals surface area contributed by atoms with Crippen LogP contribution in [0.15, 0.2) is 24.3 Å². The van der Waals surface area contributed by atoms with Crippen LogP contribution in [0.4, 0.5) is 10.5 Å². The summed E-state index contributed by atoms with van der Waals surface area (Å²) in [5.41, 5.74) is 0.668. The Labute approximate surface area is 143 Å². The van der Waals surface area contributed by atoms with E-state index >= 15 is 0 Å². The molecule has 6 heteroatoms. The van der Waals surface area contributed by atoms with E-state index in [4.69, 9.17) is 9.47 Å². The summed E-state index contributed by atoms with van der Waals surface area (Å²) in [5.74, 6) is 0.704. The fraction of sp³-hybridized carbons (Fsp3) is 0.611. The number of amides is 2. The Bertz CT molecular complexity index is 528. The van der Waals surface area contributed by atoms with E-state index in [-0.39, 0.29) is 18.2 Å². The van der Waals surface area contributed by atoms with Crippen molar-refractivity contribution in [3.63, 3.8) is 0 Å². The Kier molecular flexibility index (Phi) is 6.87. The summed E-state index contributed by atoms with van der Waals surface area (Å²) in [7, 11) is 0. The predicted molar refractivity (Wildman–Crippen MR) is 93.5 cm³/mol. The smallest absolute Gasteiger partial charge is 0.322 e. The fourth-order valence-corrected chi connectivity index (χ4v) is 2.64. The van der Waals surface area contributed by atoms with Crippen molar-refractivity contribution < 1.29 is 19.4 Å². The van der Waals surface area contributed by atoms with Crippen molar-refractivity contribution in [3.8, 4) is 5.75 Å². The summed E-state index contributed by atoms with van der Waals surface area (Å²) in [6, 6.07) is 7.08. The highest BCUT2D eigenvalue weighted by Crippen LogP contribution is 2.20. The zero-order chi connectivity index (χ0) is 17.5. The van der Waals surface area contributed by atoms with Gasteiger partial charge in [-0.3, -0.25) is 0 Å². The molecular weight excluding hydrogens is 308 g/mol. The molecule has 1 aromatic rings. The van der Waals surface area contributed by atoms with Gasteiger partial charge in [-0.05, 0) is 45.7 Å². The average molecular weight is 336 g/mol. The van der Waals surface area contributed by atoms with Crippen molar-refractivity contribution in [2.45, 2.75) is 51.9 Å². The minimum atomic E-state index is -0.570. The monoisotopic (exact) mass is 336 g/mol. The normalized spacial score (nSPS) is 18.5. The van der Waals surface area contributed by atoms with E-state index in [0.717, 1.165) is 19.4 Å². The third-order valence-electron chi connectivity index (χ3n) is 3.89. The molecule has 2 amide bonds. The minimum Gasteiger partial charge on any atom is -0.491 e. The van der Waals surface area contributed by atoms with E-state index in [1.54, 1.807) is 17.9 Å². The molecule has 6 nitrogen and oxygen atoms in total. The second kappa shape index (κ2) is 8.89. The molecule has 134 valence electrons. The van der Waals surface area contributed by atoms with Crippen LogP contribution in [0.2, 0.25) is 0 Å². The van der Waals surface area contributed by atoms with E-state index in [9.17, 15) is 9.90 Å². The third-order valence-corrected chi connectivity index (χ3v) is 3.89. The Morgan fingerprint density at radius 2 is 2.25 bits per heavy atom. The van der Waals surface area contributed by atoms with Crippen molar-refractivity contribution >= 4 is 11.7 Å². The lowest BCUT2D eigenvalue weighted by Crippen LogP contribution is -2.43. The van der Waals surface area contributed by atoms with Crippen LogP contribution in [0.1, 0.15) is 33.6 Å². The number of aliphatic hydroxyl groups excluding tert-OH is 1. The van der Waals surface area contributed by atoms with Crippen LogP contribution < -0.4 is 10.1 Å². The standard InChI is InChI=1S/C18H28N2O4/c1-13(2)20(11-14(3)21)18(22)19-15-6-4-7-16(10-15)24-12-17-8-5-9-23-17/h4,6-7,10,13-14,17,21H,5,8-9,11-12H2,1-3H3,(H,19,22)/t14-,17-/m0/s1. The number of hydrogen-bond donors (Lipinski definition) is 2. The molecule has 1 aliphatic rings. The number of urea groups is 1. The molecule has 0 aromatic heterocycles. The average Bonchev–Trinajstić information content (AvgIpc) is 3.04. The van der Waals surface area contributed by atoms with Crippen molar-refractivity contribution in [2.24, 2.45) is 0 Å². The number of ether oxygens (including phenoxy) is 2. The van der Waals surface area contributed by atoms with Gasteiger partial charge < -0.3 is 24.8 Å². The molecular formula is C18H28N2O4. The number of anilines is 1. The Morgan fingerprint density at radius 3 is 2.88 bits per heavy atom. The summed E-state index contributed by atoms with van der Waals surface area (Å²) in [6.45, 7) is 7.13. The highest BCUT2D eigenvalue weighted by molar-refractivity contribution is 5.89. The number of nitrogens with zero attached hydrogens (tertiary/aromatic N) is 1. The predicted octanol–water partition coefficient (Wildman–Crippen LogP) is 2.87. The number of carbonyl (C=O) groups excluding carboxylic acids is 1. The molecule has 1 fully saturated rings. The summed E-state index contributed by atoms with van der Waals surface area (Å²) in [6.07, 6.45) is 1.70. The lowest BCUT2D eigenvalue weighted by molar-refractivity contribution is 0.0680. The van der Waals surface area contributed by atoms with Crippen LogP contribution in [0, 0.1) is 0 Å². The molecule has 1 aromatic carbocycles. The molecule has 0 unspecified atom stereocenters. The lowest BCUT2D eigenvalue weighted by atomic mass is 10.2. The molecule has 0 saturated carbocycles. The zero-order valence-corrected chi connectivity index (χ0v) is 14.7.